The minimum atomic E-state index is -2.47. The van der Waals surface area contributed by atoms with Crippen LogP contribution in [0.4, 0.5) is 4.39 Å². The number of nitrogens with zero attached hydrogens (tertiary/aromatic N) is 1. The molecule has 0 amide bonds. The number of carbonyl (C=O) groups is 1. The molecule has 4 rings (SSSR count). The van der Waals surface area contributed by atoms with E-state index < -0.39 is 38.0 Å². The Kier molecular flexibility index (Phi) is 7.91. The van der Waals surface area contributed by atoms with Crippen molar-refractivity contribution in [1.29, 1.82) is 0 Å². The topological polar surface area (TPSA) is 85.7 Å². The molecule has 1 saturated carbocycles. The number of pyridine rings is 1. The number of aromatic nitrogens is 1. The van der Waals surface area contributed by atoms with E-state index in [1.807, 2.05) is 37.3 Å². The molecule has 1 fully saturated rings. The number of aliphatic hydroxyl groups excluding tert-OH is 1. The zero-order chi connectivity index (χ0) is 25.8. The summed E-state index contributed by atoms with van der Waals surface area (Å²) in [5, 5.41) is 11.2. The van der Waals surface area contributed by atoms with Crippen molar-refractivity contribution in [3.05, 3.63) is 77.2 Å². The van der Waals surface area contributed by atoms with Crippen LogP contribution in [0.1, 0.15) is 47.7 Å². The van der Waals surface area contributed by atoms with E-state index >= 15 is 0 Å². The van der Waals surface area contributed by atoms with E-state index in [1.54, 1.807) is 18.2 Å². The molecule has 1 heterocycles. The van der Waals surface area contributed by atoms with E-state index in [0.717, 1.165) is 29.7 Å². The standard InChI is InChI=1S/C28H26FNO5P/c1-4-35-23(32)16-22(31)28(36(33)34-3)25-24(18-12-14-21(29)15-13-18)17(2)26(19-8-6-5-7-9-19)30-27(25)20-10-11-20/h1,5-9,12-15,20,22,28,31H,10-11,16H2,2-3H3/q+1. The Morgan fingerprint density at radius 1 is 1.19 bits per heavy atom. The van der Waals surface area contributed by atoms with E-state index in [9.17, 15) is 18.9 Å². The third kappa shape index (κ3) is 5.37. The van der Waals surface area contributed by atoms with Gasteiger partial charge in [-0.3, -0.25) is 9.78 Å². The summed E-state index contributed by atoms with van der Waals surface area (Å²) >= 11 is 0. The fraction of sp³-hybridized carbons (Fsp3) is 0.286. The number of esters is 1. The second-order valence-corrected chi connectivity index (χ2v) is 10.2. The highest BCUT2D eigenvalue weighted by atomic mass is 31.1. The van der Waals surface area contributed by atoms with Crippen LogP contribution in [0.25, 0.3) is 22.4 Å². The molecule has 1 aliphatic carbocycles. The molecule has 3 aromatic rings. The van der Waals surface area contributed by atoms with Gasteiger partial charge in [-0.2, -0.15) is 0 Å². The average Bonchev–Trinajstić information content (AvgIpc) is 3.71. The van der Waals surface area contributed by atoms with Gasteiger partial charge < -0.3 is 9.84 Å². The summed E-state index contributed by atoms with van der Waals surface area (Å²) in [5.74, 6) is -1.12. The molecule has 1 aliphatic rings. The molecule has 0 radical (unpaired) electrons. The summed E-state index contributed by atoms with van der Waals surface area (Å²) in [6.45, 7) is 1.89. The fourth-order valence-corrected chi connectivity index (χ4v) is 5.57. The molecular formula is C28H26FNO5P+. The van der Waals surface area contributed by atoms with Crippen LogP contribution >= 0.6 is 8.03 Å². The third-order valence-corrected chi connectivity index (χ3v) is 7.68. The highest BCUT2D eigenvalue weighted by Crippen LogP contribution is 2.54. The minimum absolute atomic E-state index is 0.0925. The van der Waals surface area contributed by atoms with Crippen molar-refractivity contribution >= 4 is 14.0 Å². The van der Waals surface area contributed by atoms with Gasteiger partial charge in [0, 0.05) is 17.0 Å². The number of hydrogen-bond donors (Lipinski definition) is 1. The Balaban J connectivity index is 2.01. The molecule has 0 bridgehead atoms. The Hall–Kier alpha value is -3.43. The van der Waals surface area contributed by atoms with Gasteiger partial charge in [-0.05, 0) is 53.2 Å². The van der Waals surface area contributed by atoms with Crippen LogP contribution in [0.3, 0.4) is 0 Å². The third-order valence-electron chi connectivity index (χ3n) is 6.27. The van der Waals surface area contributed by atoms with Crippen LogP contribution in [-0.2, 0) is 18.6 Å². The van der Waals surface area contributed by atoms with Crippen LogP contribution in [-0.4, -0.2) is 29.3 Å². The van der Waals surface area contributed by atoms with Crippen molar-refractivity contribution in [2.45, 2.75) is 43.9 Å². The first-order chi connectivity index (χ1) is 17.3. The van der Waals surface area contributed by atoms with E-state index in [0.29, 0.717) is 22.4 Å². The Bertz CT molecular complexity index is 1320. The zero-order valence-corrected chi connectivity index (χ0v) is 20.9. The normalized spacial score (nSPS) is 15.0. The second kappa shape index (κ2) is 11.1. The van der Waals surface area contributed by atoms with Crippen LogP contribution in [0.2, 0.25) is 0 Å². The van der Waals surface area contributed by atoms with Crippen molar-refractivity contribution in [2.75, 3.05) is 7.11 Å². The monoisotopic (exact) mass is 506 g/mol. The van der Waals surface area contributed by atoms with Gasteiger partial charge in [0.1, 0.15) is 18.0 Å². The van der Waals surface area contributed by atoms with E-state index in [1.165, 1.54) is 19.2 Å². The van der Waals surface area contributed by atoms with Crippen molar-refractivity contribution in [3.8, 4) is 34.9 Å². The van der Waals surface area contributed by atoms with Gasteiger partial charge in [-0.1, -0.05) is 48.9 Å². The number of rotatable bonds is 9. The molecule has 0 spiro atoms. The number of carbonyl (C=O) groups excluding carboxylic acids is 1. The summed E-state index contributed by atoms with van der Waals surface area (Å²) < 4.78 is 36.9. The van der Waals surface area contributed by atoms with Crippen molar-refractivity contribution in [1.82, 2.24) is 4.98 Å². The second-order valence-electron chi connectivity index (χ2n) is 8.68. The molecule has 184 valence electrons. The highest BCUT2D eigenvalue weighted by molar-refractivity contribution is 7.39. The van der Waals surface area contributed by atoms with Gasteiger partial charge in [0.2, 0.25) is 5.66 Å². The lowest BCUT2D eigenvalue weighted by atomic mass is 9.87. The number of aliphatic hydroxyl groups is 1. The molecule has 0 saturated heterocycles. The van der Waals surface area contributed by atoms with Crippen LogP contribution in [0.5, 0.6) is 0 Å². The lowest BCUT2D eigenvalue weighted by Crippen LogP contribution is -2.23. The largest absolute Gasteiger partial charge is 0.518 e. The first kappa shape index (κ1) is 25.7. The molecule has 8 heteroatoms. The summed E-state index contributed by atoms with van der Waals surface area (Å²) in [7, 11) is -1.19. The van der Waals surface area contributed by atoms with E-state index in [2.05, 4.69) is 4.74 Å². The molecule has 1 aromatic heterocycles. The molecule has 0 aliphatic heterocycles. The van der Waals surface area contributed by atoms with Crippen molar-refractivity contribution in [3.63, 3.8) is 0 Å². The first-order valence-electron chi connectivity index (χ1n) is 11.5. The van der Waals surface area contributed by atoms with Gasteiger partial charge in [0.25, 0.3) is 0 Å². The van der Waals surface area contributed by atoms with Crippen molar-refractivity contribution in [2.24, 2.45) is 0 Å². The molecular weight excluding hydrogens is 480 g/mol. The predicted molar refractivity (Wildman–Crippen MR) is 135 cm³/mol. The zero-order valence-electron chi connectivity index (χ0n) is 20.0. The molecule has 2 aromatic carbocycles. The van der Waals surface area contributed by atoms with Gasteiger partial charge in [-0.25, -0.2) is 4.39 Å². The molecule has 3 unspecified atom stereocenters. The Labute approximate surface area is 210 Å². The maximum atomic E-state index is 13.9. The molecule has 1 N–H and O–H groups in total. The van der Waals surface area contributed by atoms with Gasteiger partial charge in [0.05, 0.1) is 24.9 Å². The van der Waals surface area contributed by atoms with E-state index in [-0.39, 0.29) is 5.92 Å². The lowest BCUT2D eigenvalue weighted by Gasteiger charge is -2.23. The van der Waals surface area contributed by atoms with Gasteiger partial charge in [0.15, 0.2) is 0 Å². The summed E-state index contributed by atoms with van der Waals surface area (Å²) in [4.78, 5) is 17.1. The molecule has 3 atom stereocenters. The number of terminal acetylenes is 1. The quantitative estimate of drug-likeness (QED) is 0.216. The van der Waals surface area contributed by atoms with Gasteiger partial charge >= 0.3 is 14.0 Å². The lowest BCUT2D eigenvalue weighted by molar-refractivity contribution is -0.139. The summed E-state index contributed by atoms with van der Waals surface area (Å²) in [6.07, 6.45) is 6.72. The average molecular weight is 506 g/mol. The SMILES string of the molecule is C#COC(=O)CC(O)C(c1c(C2CC2)nc(-c2ccccc2)c(C)c1-c1ccc(F)cc1)[P+](=O)OC. The summed E-state index contributed by atoms with van der Waals surface area (Å²) in [6, 6.07) is 15.7. The first-order valence-corrected chi connectivity index (χ1v) is 12.8. The maximum Gasteiger partial charge on any atom is 0.518 e. The van der Waals surface area contributed by atoms with Crippen LogP contribution < -0.4 is 0 Å². The number of hydrogen-bond acceptors (Lipinski definition) is 6. The fourth-order valence-electron chi connectivity index (χ4n) is 4.49. The number of ether oxygens (including phenoxy) is 1. The number of benzene rings is 2. The minimum Gasteiger partial charge on any atom is -0.387 e. The van der Waals surface area contributed by atoms with Crippen LogP contribution in [0, 0.1) is 25.3 Å². The predicted octanol–water partition coefficient (Wildman–Crippen LogP) is 6.06. The highest BCUT2D eigenvalue weighted by Gasteiger charge is 2.47. The van der Waals surface area contributed by atoms with Crippen LogP contribution in [0.15, 0.2) is 54.6 Å². The molecule has 36 heavy (non-hydrogen) atoms. The Morgan fingerprint density at radius 2 is 1.86 bits per heavy atom. The summed E-state index contributed by atoms with van der Waals surface area (Å²) in [5.41, 5.74) is 3.90. The maximum absolute atomic E-state index is 13.9. The van der Waals surface area contributed by atoms with E-state index in [4.69, 9.17) is 15.9 Å². The van der Waals surface area contributed by atoms with Gasteiger partial charge in [-0.15, -0.1) is 4.52 Å². The Morgan fingerprint density at radius 3 is 2.44 bits per heavy atom. The molecule has 6 nitrogen and oxygen atoms in total. The number of halogens is 1. The smallest absolute Gasteiger partial charge is 0.387 e. The van der Waals surface area contributed by atoms with Crippen molar-refractivity contribution < 1.29 is 28.1 Å².